The highest BCUT2D eigenvalue weighted by molar-refractivity contribution is 6.27. The third kappa shape index (κ3) is 4.50. The van der Waals surface area contributed by atoms with Gasteiger partial charge in [-0.25, -0.2) is 0 Å². The first-order chi connectivity index (χ1) is 27.7. The lowest BCUT2D eigenvalue weighted by atomic mass is 9.84. The molecule has 0 aliphatic carbocycles. The van der Waals surface area contributed by atoms with Crippen molar-refractivity contribution < 1.29 is 8.83 Å². The van der Waals surface area contributed by atoms with E-state index in [1.54, 1.807) is 0 Å². The summed E-state index contributed by atoms with van der Waals surface area (Å²) in [6.45, 7) is 2.24. The molecule has 262 valence electrons. The average Bonchev–Trinajstić information content (AvgIpc) is 3.84. The number of rotatable bonds is 4. The molecule has 0 spiro atoms. The second kappa shape index (κ2) is 11.9. The summed E-state index contributed by atoms with van der Waals surface area (Å²) in [6.07, 6.45) is 0.978. The second-order valence-corrected chi connectivity index (χ2v) is 15.0. The monoisotopic (exact) mass is 714 g/mol. The topological polar surface area (TPSA) is 26.3 Å². The fourth-order valence-corrected chi connectivity index (χ4v) is 9.35. The summed E-state index contributed by atoms with van der Waals surface area (Å²) in [4.78, 5) is 0. The van der Waals surface area contributed by atoms with Gasteiger partial charge in [0.05, 0.1) is 0 Å². The van der Waals surface area contributed by atoms with E-state index < -0.39 is 0 Å². The standard InChI is InChI=1S/C54H34O2/c1-2-32-19-26-43-47(29-32)50(41-16-7-8-17-42(41)51(43)37-25-20-33-11-3-4-12-36(33)30-37)35-23-21-34(22-24-35)46-31-49-52(40-15-6-5-13-38(40)46)45-28-27-44-39-14-9-10-18-48(39)55-53(44)54(45)56-49/h3-31H,2H2,1H3. The average molecular weight is 715 g/mol. The molecule has 0 radical (unpaired) electrons. The van der Waals surface area contributed by atoms with Crippen LogP contribution in [0, 0.1) is 0 Å². The Morgan fingerprint density at radius 3 is 1.73 bits per heavy atom. The van der Waals surface area contributed by atoms with E-state index >= 15 is 0 Å². The first kappa shape index (κ1) is 31.2. The number of fused-ring (bicyclic) bond motifs is 12. The fraction of sp³-hybridized carbons (Fsp3) is 0.0370. The zero-order valence-electron chi connectivity index (χ0n) is 30.8. The lowest BCUT2D eigenvalue weighted by Gasteiger charge is -2.19. The Morgan fingerprint density at radius 2 is 0.929 bits per heavy atom. The van der Waals surface area contributed by atoms with Gasteiger partial charge in [0.1, 0.15) is 11.2 Å². The smallest absolute Gasteiger partial charge is 0.178 e. The molecular formula is C54H34O2. The maximum atomic E-state index is 6.75. The SMILES string of the molecule is CCc1ccc2c(-c3ccc4ccccc4c3)c3ccccc3c(-c3ccc(-c4cc5oc6c(ccc7c8ccccc8oc76)c5c5ccccc45)cc3)c2c1. The molecule has 0 aliphatic heterocycles. The van der Waals surface area contributed by atoms with Crippen molar-refractivity contribution in [3.05, 3.63) is 181 Å². The molecule has 2 nitrogen and oxygen atoms in total. The highest BCUT2D eigenvalue weighted by Gasteiger charge is 2.21. The Bertz CT molecular complexity index is 3560. The van der Waals surface area contributed by atoms with E-state index in [0.29, 0.717) is 0 Å². The van der Waals surface area contributed by atoms with Crippen LogP contribution in [0.25, 0.3) is 120 Å². The maximum absolute atomic E-state index is 6.75. The molecule has 56 heavy (non-hydrogen) atoms. The van der Waals surface area contributed by atoms with Gasteiger partial charge in [0.2, 0.25) is 0 Å². The van der Waals surface area contributed by atoms with E-state index in [0.717, 1.165) is 61.4 Å². The third-order valence-electron chi connectivity index (χ3n) is 12.0. The summed E-state index contributed by atoms with van der Waals surface area (Å²) in [5.41, 5.74) is 12.0. The molecule has 2 heterocycles. The third-order valence-corrected chi connectivity index (χ3v) is 12.0. The molecule has 2 aromatic heterocycles. The zero-order chi connectivity index (χ0) is 36.9. The molecule has 0 atom stereocenters. The van der Waals surface area contributed by atoms with Crippen LogP contribution in [0.4, 0.5) is 0 Å². The van der Waals surface area contributed by atoms with Gasteiger partial charge in [-0.15, -0.1) is 0 Å². The van der Waals surface area contributed by atoms with Crippen LogP contribution in [-0.4, -0.2) is 0 Å². The summed E-state index contributed by atoms with van der Waals surface area (Å²) in [6, 6.07) is 64.2. The predicted octanol–water partition coefficient (Wildman–Crippen LogP) is 15.7. The van der Waals surface area contributed by atoms with Crippen molar-refractivity contribution in [2.75, 3.05) is 0 Å². The molecule has 0 saturated heterocycles. The van der Waals surface area contributed by atoms with E-state index in [1.165, 1.54) is 70.9 Å². The summed E-state index contributed by atoms with van der Waals surface area (Å²) in [5.74, 6) is 0. The van der Waals surface area contributed by atoms with Gasteiger partial charge in [-0.05, 0) is 119 Å². The van der Waals surface area contributed by atoms with Crippen molar-refractivity contribution in [2.45, 2.75) is 13.3 Å². The zero-order valence-corrected chi connectivity index (χ0v) is 30.8. The van der Waals surface area contributed by atoms with Gasteiger partial charge < -0.3 is 8.83 Å². The predicted molar refractivity (Wildman–Crippen MR) is 237 cm³/mol. The minimum absolute atomic E-state index is 0.795. The molecule has 12 aromatic rings. The number of hydrogen-bond acceptors (Lipinski definition) is 2. The lowest BCUT2D eigenvalue weighted by molar-refractivity contribution is 0.633. The van der Waals surface area contributed by atoms with E-state index in [2.05, 4.69) is 171 Å². The van der Waals surface area contributed by atoms with E-state index in [-0.39, 0.29) is 0 Å². The Kier molecular flexibility index (Phi) is 6.64. The molecule has 0 aliphatic rings. The fourth-order valence-electron chi connectivity index (χ4n) is 9.35. The number of furan rings is 2. The van der Waals surface area contributed by atoms with Gasteiger partial charge in [0, 0.05) is 21.5 Å². The van der Waals surface area contributed by atoms with Crippen LogP contribution < -0.4 is 0 Å². The molecule has 0 saturated carbocycles. The summed E-state index contributed by atoms with van der Waals surface area (Å²) < 4.78 is 13.2. The minimum Gasteiger partial charge on any atom is -0.452 e. The molecule has 10 aromatic carbocycles. The van der Waals surface area contributed by atoms with Crippen molar-refractivity contribution in [1.29, 1.82) is 0 Å². The van der Waals surface area contributed by atoms with Gasteiger partial charge in [-0.1, -0.05) is 153 Å². The highest BCUT2D eigenvalue weighted by atomic mass is 16.4. The van der Waals surface area contributed by atoms with Crippen LogP contribution in [0.1, 0.15) is 12.5 Å². The number of benzene rings is 10. The quantitative estimate of drug-likeness (QED) is 0.170. The summed E-state index contributed by atoms with van der Waals surface area (Å²) >= 11 is 0. The first-order valence-corrected chi connectivity index (χ1v) is 19.5. The Balaban J connectivity index is 1.06. The largest absolute Gasteiger partial charge is 0.452 e. The van der Waals surface area contributed by atoms with Crippen LogP contribution in [0.2, 0.25) is 0 Å². The molecule has 0 bridgehead atoms. The molecule has 12 rings (SSSR count). The Morgan fingerprint density at radius 1 is 0.357 bits per heavy atom. The molecule has 2 heteroatoms. The molecule has 0 fully saturated rings. The van der Waals surface area contributed by atoms with Crippen molar-refractivity contribution >= 4 is 87.0 Å². The maximum Gasteiger partial charge on any atom is 0.178 e. The normalized spacial score (nSPS) is 12.1. The highest BCUT2D eigenvalue weighted by Crippen LogP contribution is 2.47. The van der Waals surface area contributed by atoms with E-state index in [4.69, 9.17) is 8.83 Å². The molecule has 0 amide bonds. The van der Waals surface area contributed by atoms with Crippen LogP contribution in [-0.2, 0) is 6.42 Å². The van der Waals surface area contributed by atoms with Crippen LogP contribution >= 0.6 is 0 Å². The summed E-state index contributed by atoms with van der Waals surface area (Å²) in [7, 11) is 0. The van der Waals surface area contributed by atoms with E-state index in [9.17, 15) is 0 Å². The van der Waals surface area contributed by atoms with Crippen molar-refractivity contribution in [3.8, 4) is 33.4 Å². The van der Waals surface area contributed by atoms with Crippen molar-refractivity contribution in [3.63, 3.8) is 0 Å². The van der Waals surface area contributed by atoms with Crippen LogP contribution in [0.15, 0.2) is 185 Å². The van der Waals surface area contributed by atoms with Gasteiger partial charge in [0.15, 0.2) is 11.2 Å². The van der Waals surface area contributed by atoms with Crippen molar-refractivity contribution in [2.24, 2.45) is 0 Å². The van der Waals surface area contributed by atoms with Crippen LogP contribution in [0.3, 0.4) is 0 Å². The van der Waals surface area contributed by atoms with Gasteiger partial charge in [0.25, 0.3) is 0 Å². The second-order valence-electron chi connectivity index (χ2n) is 15.0. The first-order valence-electron chi connectivity index (χ1n) is 19.5. The molecule has 0 N–H and O–H groups in total. The Hall–Kier alpha value is -7.16. The van der Waals surface area contributed by atoms with E-state index in [1.807, 2.05) is 12.1 Å². The molecule has 0 unspecified atom stereocenters. The van der Waals surface area contributed by atoms with Gasteiger partial charge in [-0.3, -0.25) is 0 Å². The lowest BCUT2D eigenvalue weighted by Crippen LogP contribution is -1.92. The summed E-state index contributed by atoms with van der Waals surface area (Å²) in [5, 5.41) is 14.3. The van der Waals surface area contributed by atoms with Gasteiger partial charge in [-0.2, -0.15) is 0 Å². The number of aryl methyl sites for hydroxylation is 1. The van der Waals surface area contributed by atoms with Crippen LogP contribution in [0.5, 0.6) is 0 Å². The Labute approximate surface area is 322 Å². The minimum atomic E-state index is 0.795. The molecular weight excluding hydrogens is 681 g/mol. The van der Waals surface area contributed by atoms with Gasteiger partial charge >= 0.3 is 0 Å². The van der Waals surface area contributed by atoms with Crippen molar-refractivity contribution in [1.82, 2.24) is 0 Å². The number of para-hydroxylation sites is 1. The number of hydrogen-bond donors (Lipinski definition) is 0.